The van der Waals surface area contributed by atoms with Gasteiger partial charge in [0.2, 0.25) is 0 Å². The van der Waals surface area contributed by atoms with E-state index in [4.69, 9.17) is 9.90 Å². The third-order valence-electron chi connectivity index (χ3n) is 3.27. The number of ether oxygens (including phenoxy) is 1. The Bertz CT molecular complexity index is 175. The van der Waals surface area contributed by atoms with Crippen LogP contribution in [0.5, 0.6) is 0 Å². The van der Waals surface area contributed by atoms with Gasteiger partial charge in [-0.05, 0) is 12.8 Å². The highest BCUT2D eigenvalue weighted by molar-refractivity contribution is 5.53. The van der Waals surface area contributed by atoms with Gasteiger partial charge in [-0.25, -0.2) is 0 Å². The van der Waals surface area contributed by atoms with Gasteiger partial charge in [0.25, 0.3) is 6.16 Å². The molecular formula is C16H35NO3. The summed E-state index contributed by atoms with van der Waals surface area (Å²) in [6.45, 7) is 3.41. The third-order valence-corrected chi connectivity index (χ3v) is 3.27. The quantitative estimate of drug-likeness (QED) is 0.443. The Kier molecular flexibility index (Phi) is 22.1. The van der Waals surface area contributed by atoms with E-state index < -0.39 is 6.16 Å². The first kappa shape index (κ1) is 21.5. The van der Waals surface area contributed by atoms with Crippen molar-refractivity contribution in [3.8, 4) is 0 Å². The lowest BCUT2D eigenvalue weighted by atomic mass is 10.1. The fourth-order valence-corrected chi connectivity index (χ4v) is 2.02. The summed E-state index contributed by atoms with van der Waals surface area (Å²) in [5.74, 6) is 0. The number of hydrogen-bond acceptors (Lipinski definition) is 3. The van der Waals surface area contributed by atoms with Crippen LogP contribution in [-0.4, -0.2) is 19.8 Å². The van der Waals surface area contributed by atoms with E-state index in [1.54, 1.807) is 0 Å². The molecule has 0 unspecified atom stereocenters. The molecule has 4 heteroatoms. The van der Waals surface area contributed by atoms with E-state index in [2.05, 4.69) is 17.4 Å². The number of carboxylic acid groups (broad SMARTS) is 1. The van der Waals surface area contributed by atoms with Crippen molar-refractivity contribution >= 4 is 6.16 Å². The van der Waals surface area contributed by atoms with E-state index in [1.165, 1.54) is 77.0 Å². The second-order valence-electron chi connectivity index (χ2n) is 5.20. The van der Waals surface area contributed by atoms with Gasteiger partial charge in [-0.3, -0.25) is 0 Å². The van der Waals surface area contributed by atoms with E-state index >= 15 is 0 Å². The van der Waals surface area contributed by atoms with Crippen molar-refractivity contribution in [3.05, 3.63) is 0 Å². The second kappa shape index (κ2) is 20.5. The standard InChI is InChI=1S/C14H31N.C2H4O3/c1-2-3-4-5-6-7-8-9-10-11-12-13-14-15;1-5-2(3)4/h2-15H2,1H3;1H3,(H,3,4). The molecule has 4 nitrogen and oxygen atoms in total. The molecule has 0 bridgehead atoms. The fourth-order valence-electron chi connectivity index (χ4n) is 2.02. The first-order valence-electron chi connectivity index (χ1n) is 8.23. The normalized spacial score (nSPS) is 9.75. The van der Waals surface area contributed by atoms with Gasteiger partial charge >= 0.3 is 0 Å². The van der Waals surface area contributed by atoms with E-state index in [-0.39, 0.29) is 0 Å². The van der Waals surface area contributed by atoms with Gasteiger partial charge in [0.05, 0.1) is 6.54 Å². The maximum atomic E-state index is 9.03. The molecule has 0 rings (SSSR count). The van der Waals surface area contributed by atoms with Crippen LogP contribution in [0.1, 0.15) is 84.0 Å². The van der Waals surface area contributed by atoms with Gasteiger partial charge in [-0.1, -0.05) is 71.1 Å². The zero-order valence-electron chi connectivity index (χ0n) is 13.6. The molecule has 0 fully saturated rings. The highest BCUT2D eigenvalue weighted by atomic mass is 16.6. The third kappa shape index (κ3) is 25.9. The summed E-state index contributed by atoms with van der Waals surface area (Å²) in [4.78, 5) is 9.03. The Balaban J connectivity index is 0. The number of hydrogen-bond donors (Lipinski definition) is 1. The van der Waals surface area contributed by atoms with Gasteiger partial charge < -0.3 is 20.4 Å². The van der Waals surface area contributed by atoms with E-state index in [1.807, 2.05) is 0 Å². The van der Waals surface area contributed by atoms with Crippen LogP contribution in [-0.2, 0) is 4.74 Å². The molecule has 0 radical (unpaired) electrons. The lowest BCUT2D eigenvalue weighted by molar-refractivity contribution is -0.368. The zero-order valence-corrected chi connectivity index (χ0v) is 13.6. The average Bonchev–Trinajstić information content (AvgIpc) is 2.45. The van der Waals surface area contributed by atoms with E-state index in [9.17, 15) is 0 Å². The van der Waals surface area contributed by atoms with Crippen molar-refractivity contribution in [2.24, 2.45) is 0 Å². The van der Waals surface area contributed by atoms with Crippen LogP contribution in [0.2, 0.25) is 0 Å². The maximum Gasteiger partial charge on any atom is 0.251 e. The smallest absolute Gasteiger partial charge is 0.251 e. The minimum absolute atomic E-state index is 1.04. The molecule has 0 aromatic heterocycles. The first-order chi connectivity index (χ1) is 9.68. The molecule has 0 aliphatic rings. The molecule has 0 saturated heterocycles. The second-order valence-corrected chi connectivity index (χ2v) is 5.20. The van der Waals surface area contributed by atoms with Gasteiger partial charge in [0.1, 0.15) is 0 Å². The molecule has 0 atom stereocenters. The lowest BCUT2D eigenvalue weighted by Crippen LogP contribution is -2.50. The van der Waals surface area contributed by atoms with Gasteiger partial charge in [-0.15, -0.1) is 0 Å². The maximum absolute atomic E-state index is 9.03. The lowest BCUT2D eigenvalue weighted by Gasteiger charge is -2.01. The number of carbonyl (C=O) groups excluding carboxylic acids is 1. The molecule has 0 aromatic carbocycles. The molecular weight excluding hydrogens is 254 g/mol. The van der Waals surface area contributed by atoms with Crippen LogP contribution >= 0.6 is 0 Å². The minimum Gasteiger partial charge on any atom is -0.553 e. The van der Waals surface area contributed by atoms with Crippen LogP contribution in [0, 0.1) is 0 Å². The molecule has 122 valence electrons. The SMILES string of the molecule is CCCCCCCCCCCCCC[NH3+].COC(=O)[O-]. The van der Waals surface area contributed by atoms with Crippen molar-refractivity contribution in [2.45, 2.75) is 84.0 Å². The number of rotatable bonds is 12. The Morgan fingerprint density at radius 1 is 0.850 bits per heavy atom. The van der Waals surface area contributed by atoms with Gasteiger partial charge in [0.15, 0.2) is 0 Å². The Morgan fingerprint density at radius 3 is 1.40 bits per heavy atom. The van der Waals surface area contributed by atoms with Crippen LogP contribution < -0.4 is 10.8 Å². The molecule has 0 aliphatic carbocycles. The van der Waals surface area contributed by atoms with Crippen molar-refractivity contribution < 1.29 is 20.4 Å². The number of unbranched alkanes of at least 4 members (excludes halogenated alkanes) is 11. The van der Waals surface area contributed by atoms with Crippen molar-refractivity contribution in [2.75, 3.05) is 13.7 Å². The van der Waals surface area contributed by atoms with Crippen molar-refractivity contribution in [1.29, 1.82) is 0 Å². The topological polar surface area (TPSA) is 77.0 Å². The Labute approximate surface area is 125 Å². The summed E-state index contributed by atoms with van der Waals surface area (Å²) in [6.07, 6.45) is 15.7. The van der Waals surface area contributed by atoms with Gasteiger partial charge in [-0.2, -0.15) is 0 Å². The molecule has 0 aliphatic heterocycles. The first-order valence-corrected chi connectivity index (χ1v) is 8.23. The monoisotopic (exact) mass is 289 g/mol. The Hall–Kier alpha value is -0.770. The number of quaternary nitrogens is 1. The average molecular weight is 289 g/mol. The molecule has 0 heterocycles. The highest BCUT2D eigenvalue weighted by Crippen LogP contribution is 2.11. The number of methoxy groups -OCH3 is 1. The van der Waals surface area contributed by atoms with Crippen LogP contribution in [0.4, 0.5) is 4.79 Å². The fraction of sp³-hybridized carbons (Fsp3) is 0.938. The molecule has 0 saturated carbocycles. The van der Waals surface area contributed by atoms with Crippen molar-refractivity contribution in [3.63, 3.8) is 0 Å². The summed E-state index contributed by atoms with van der Waals surface area (Å²) in [5, 5.41) is 9.03. The summed E-state index contributed by atoms with van der Waals surface area (Å²) < 4.78 is 3.56. The molecule has 3 N–H and O–H groups in total. The van der Waals surface area contributed by atoms with E-state index in [0.717, 1.165) is 13.7 Å². The van der Waals surface area contributed by atoms with Crippen molar-refractivity contribution in [1.82, 2.24) is 0 Å². The molecule has 0 aromatic rings. The zero-order chi connectivity index (χ0) is 15.5. The van der Waals surface area contributed by atoms with Crippen LogP contribution in [0.25, 0.3) is 0 Å². The summed E-state index contributed by atoms with van der Waals surface area (Å²) in [7, 11) is 1.04. The number of carbonyl (C=O) groups is 1. The predicted octanol–water partition coefficient (Wildman–Crippen LogP) is 2.91. The minimum atomic E-state index is -1.50. The largest absolute Gasteiger partial charge is 0.553 e. The van der Waals surface area contributed by atoms with Gasteiger partial charge in [0, 0.05) is 7.11 Å². The van der Waals surface area contributed by atoms with Crippen LogP contribution in [0.3, 0.4) is 0 Å². The molecule has 0 spiro atoms. The summed E-state index contributed by atoms with van der Waals surface area (Å²) in [6, 6.07) is 0. The predicted molar refractivity (Wildman–Crippen MR) is 81.2 cm³/mol. The molecule has 0 amide bonds. The summed E-state index contributed by atoms with van der Waals surface area (Å²) in [5.41, 5.74) is 3.87. The summed E-state index contributed by atoms with van der Waals surface area (Å²) >= 11 is 0. The highest BCUT2D eigenvalue weighted by Gasteiger charge is 1.92. The van der Waals surface area contributed by atoms with E-state index in [0.29, 0.717) is 0 Å². The Morgan fingerprint density at radius 2 is 1.15 bits per heavy atom. The van der Waals surface area contributed by atoms with Crippen LogP contribution in [0.15, 0.2) is 0 Å². The molecule has 20 heavy (non-hydrogen) atoms.